The number of hydrogen-bond donors (Lipinski definition) is 1. The van der Waals surface area contributed by atoms with Gasteiger partial charge in [0.05, 0.1) is 12.0 Å². The van der Waals surface area contributed by atoms with E-state index in [0.29, 0.717) is 6.42 Å². The lowest BCUT2D eigenvalue weighted by molar-refractivity contribution is -0.145. The van der Waals surface area contributed by atoms with Gasteiger partial charge in [0.15, 0.2) is 0 Å². The van der Waals surface area contributed by atoms with Gasteiger partial charge >= 0.3 is 0 Å². The largest absolute Gasteiger partial charge is 0.395 e. The second kappa shape index (κ2) is 7.23. The molecule has 6 nitrogen and oxygen atoms in total. The molecule has 6 heteroatoms. The molecule has 0 atom stereocenters. The maximum Gasteiger partial charge on any atom is 0.231 e. The van der Waals surface area contributed by atoms with Gasteiger partial charge in [-0.3, -0.25) is 14.6 Å². The lowest BCUT2D eigenvalue weighted by Crippen LogP contribution is -2.53. The Morgan fingerprint density at radius 1 is 1.11 bits per heavy atom. The molecule has 1 saturated carbocycles. The number of pyridine rings is 1. The average Bonchev–Trinajstić information content (AvgIpc) is 3.51. The van der Waals surface area contributed by atoms with Crippen LogP contribution in [0.2, 0.25) is 0 Å². The molecule has 2 amide bonds. The quantitative estimate of drug-likeness (QED) is 0.854. The van der Waals surface area contributed by atoms with Crippen LogP contribution >= 0.6 is 0 Å². The number of hydrogen-bond acceptors (Lipinski definition) is 4. The molecule has 0 bridgehead atoms. The van der Waals surface area contributed by atoms with E-state index >= 15 is 0 Å². The van der Waals surface area contributed by atoms with Crippen LogP contribution in [0.15, 0.2) is 24.5 Å². The molecule has 2 saturated heterocycles. The van der Waals surface area contributed by atoms with Gasteiger partial charge < -0.3 is 14.9 Å². The Hall–Kier alpha value is -1.95. The predicted molar refractivity (Wildman–Crippen MR) is 101 cm³/mol. The maximum atomic E-state index is 12.7. The molecule has 27 heavy (non-hydrogen) atoms. The fraction of sp³-hybridized carbons (Fsp3) is 0.667. The fourth-order valence-electron chi connectivity index (χ4n) is 4.64. The van der Waals surface area contributed by atoms with Crippen LogP contribution < -0.4 is 0 Å². The summed E-state index contributed by atoms with van der Waals surface area (Å²) in [6, 6.07) is 4.01. The van der Waals surface area contributed by atoms with E-state index in [4.69, 9.17) is 0 Å². The fourth-order valence-corrected chi connectivity index (χ4v) is 4.64. The molecule has 0 aromatic carbocycles. The van der Waals surface area contributed by atoms with Crippen LogP contribution in [0.3, 0.4) is 0 Å². The molecule has 4 rings (SSSR count). The average molecular weight is 371 g/mol. The van der Waals surface area contributed by atoms with Crippen LogP contribution in [0, 0.1) is 10.8 Å². The highest BCUT2D eigenvalue weighted by Gasteiger charge is 2.52. The first-order valence-corrected chi connectivity index (χ1v) is 10.1. The molecule has 2 aliphatic heterocycles. The molecule has 1 spiro atoms. The third kappa shape index (κ3) is 3.72. The van der Waals surface area contributed by atoms with Crippen LogP contribution in [-0.4, -0.2) is 64.5 Å². The lowest BCUT2D eigenvalue weighted by Gasteiger charge is -2.48. The van der Waals surface area contributed by atoms with Crippen molar-refractivity contribution in [2.24, 2.45) is 10.8 Å². The Labute approximate surface area is 160 Å². The van der Waals surface area contributed by atoms with E-state index in [1.807, 2.05) is 21.9 Å². The van der Waals surface area contributed by atoms with Crippen molar-refractivity contribution in [2.75, 3.05) is 32.8 Å². The van der Waals surface area contributed by atoms with Gasteiger partial charge in [-0.1, -0.05) is 0 Å². The highest BCUT2D eigenvalue weighted by molar-refractivity contribution is 5.85. The summed E-state index contributed by atoms with van der Waals surface area (Å²) < 4.78 is 0. The van der Waals surface area contributed by atoms with Crippen LogP contribution in [0.4, 0.5) is 0 Å². The van der Waals surface area contributed by atoms with Crippen molar-refractivity contribution >= 4 is 11.8 Å². The van der Waals surface area contributed by atoms with E-state index in [9.17, 15) is 14.7 Å². The van der Waals surface area contributed by atoms with E-state index in [-0.39, 0.29) is 23.8 Å². The first-order chi connectivity index (χ1) is 13.1. The van der Waals surface area contributed by atoms with E-state index in [0.717, 1.165) is 64.7 Å². The zero-order valence-electron chi connectivity index (χ0n) is 15.9. The first kappa shape index (κ1) is 18.4. The number of aromatic nitrogens is 1. The minimum Gasteiger partial charge on any atom is -0.395 e. The number of aliphatic hydroxyl groups is 1. The minimum absolute atomic E-state index is 0.0231. The van der Waals surface area contributed by atoms with Crippen molar-refractivity contribution in [3.63, 3.8) is 0 Å². The van der Waals surface area contributed by atoms with Gasteiger partial charge in [0.2, 0.25) is 11.8 Å². The normalized spacial score (nSPS) is 23.5. The van der Waals surface area contributed by atoms with Crippen LogP contribution in [0.5, 0.6) is 0 Å². The van der Waals surface area contributed by atoms with E-state index in [2.05, 4.69) is 4.98 Å². The Morgan fingerprint density at radius 2 is 1.81 bits per heavy atom. The molecular weight excluding hydrogens is 342 g/mol. The standard InChI is InChI=1S/C21H29N3O3/c25-16-21(6-7-21)19(27)23-13-8-20(9-14-23)5-1-18(26)24(15-20)12-4-17-2-10-22-11-3-17/h2-3,10-11,25H,1,4-9,12-16H2. The Morgan fingerprint density at radius 3 is 2.44 bits per heavy atom. The van der Waals surface area contributed by atoms with Crippen molar-refractivity contribution < 1.29 is 14.7 Å². The predicted octanol–water partition coefficient (Wildman–Crippen LogP) is 1.63. The van der Waals surface area contributed by atoms with Crippen LogP contribution in [0.25, 0.3) is 0 Å². The minimum atomic E-state index is -0.469. The van der Waals surface area contributed by atoms with Crippen molar-refractivity contribution in [3.05, 3.63) is 30.1 Å². The number of carbonyl (C=O) groups is 2. The monoisotopic (exact) mass is 371 g/mol. The summed E-state index contributed by atoms with van der Waals surface area (Å²) in [6.07, 6.45) is 9.55. The van der Waals surface area contributed by atoms with Gasteiger partial charge in [-0.15, -0.1) is 0 Å². The number of carbonyl (C=O) groups excluding carboxylic acids is 2. The summed E-state index contributed by atoms with van der Waals surface area (Å²) in [4.78, 5) is 33.1. The molecule has 1 N–H and O–H groups in total. The number of amides is 2. The molecular formula is C21H29N3O3. The number of rotatable bonds is 5. The van der Waals surface area contributed by atoms with Crippen molar-refractivity contribution in [1.82, 2.24) is 14.8 Å². The number of nitrogens with zero attached hydrogens (tertiary/aromatic N) is 3. The molecule has 0 radical (unpaired) electrons. The first-order valence-electron chi connectivity index (χ1n) is 10.1. The molecule has 146 valence electrons. The summed E-state index contributed by atoms with van der Waals surface area (Å²) in [5.41, 5.74) is 0.888. The van der Waals surface area contributed by atoms with Crippen molar-refractivity contribution in [2.45, 2.75) is 44.9 Å². The van der Waals surface area contributed by atoms with Gasteiger partial charge in [-0.2, -0.15) is 0 Å². The lowest BCUT2D eigenvalue weighted by atomic mass is 9.72. The van der Waals surface area contributed by atoms with Gasteiger partial charge in [0.1, 0.15) is 0 Å². The van der Waals surface area contributed by atoms with Crippen LogP contribution in [0.1, 0.15) is 44.1 Å². The molecule has 1 aromatic rings. The summed E-state index contributed by atoms with van der Waals surface area (Å²) >= 11 is 0. The third-order valence-electron chi connectivity index (χ3n) is 6.89. The zero-order valence-corrected chi connectivity index (χ0v) is 15.9. The van der Waals surface area contributed by atoms with Crippen molar-refractivity contribution in [1.29, 1.82) is 0 Å². The number of piperidine rings is 2. The molecule has 3 heterocycles. The van der Waals surface area contributed by atoms with Gasteiger partial charge in [0.25, 0.3) is 0 Å². The molecule has 1 aromatic heterocycles. The summed E-state index contributed by atoms with van der Waals surface area (Å²) in [7, 11) is 0. The Balaban J connectivity index is 1.34. The highest BCUT2D eigenvalue weighted by atomic mass is 16.3. The Bertz CT molecular complexity index is 694. The molecule has 1 aliphatic carbocycles. The van der Waals surface area contributed by atoms with Crippen molar-refractivity contribution in [3.8, 4) is 0 Å². The topological polar surface area (TPSA) is 73.7 Å². The number of likely N-dealkylation sites (tertiary alicyclic amines) is 2. The highest BCUT2D eigenvalue weighted by Crippen LogP contribution is 2.48. The third-order valence-corrected chi connectivity index (χ3v) is 6.89. The maximum absolute atomic E-state index is 12.7. The van der Waals surface area contributed by atoms with Crippen LogP contribution in [-0.2, 0) is 16.0 Å². The Kier molecular flexibility index (Phi) is 4.93. The molecule has 3 fully saturated rings. The van der Waals surface area contributed by atoms with Gasteiger partial charge in [-0.25, -0.2) is 0 Å². The van der Waals surface area contributed by atoms with Gasteiger partial charge in [0, 0.05) is 45.0 Å². The second-order valence-corrected chi connectivity index (χ2v) is 8.65. The summed E-state index contributed by atoms with van der Waals surface area (Å²) in [6.45, 7) is 3.05. The second-order valence-electron chi connectivity index (χ2n) is 8.65. The SMILES string of the molecule is O=C1CCC2(CCN(C(=O)C3(CO)CC3)CC2)CN1CCc1ccncc1. The molecule has 3 aliphatic rings. The van der Waals surface area contributed by atoms with E-state index < -0.39 is 5.41 Å². The summed E-state index contributed by atoms with van der Waals surface area (Å²) in [5, 5.41) is 9.52. The smallest absolute Gasteiger partial charge is 0.231 e. The van der Waals surface area contributed by atoms with E-state index in [1.165, 1.54) is 5.56 Å². The summed E-state index contributed by atoms with van der Waals surface area (Å²) in [5.74, 6) is 0.395. The van der Waals surface area contributed by atoms with Gasteiger partial charge in [-0.05, 0) is 61.6 Å². The zero-order chi connectivity index (χ0) is 18.9. The van der Waals surface area contributed by atoms with E-state index in [1.54, 1.807) is 12.4 Å². The number of aliphatic hydroxyl groups excluding tert-OH is 1. The molecule has 0 unspecified atom stereocenters.